The van der Waals surface area contributed by atoms with Crippen LogP contribution in [0.15, 0.2) is 48.0 Å². The number of benzene rings is 2. The average molecular weight is 440 g/mol. The minimum atomic E-state index is -0.367. The Morgan fingerprint density at radius 3 is 2.00 bits per heavy atom. The fourth-order valence-electron chi connectivity index (χ4n) is 3.76. The molecule has 0 saturated carbocycles. The second-order valence-corrected chi connectivity index (χ2v) is 11.3. The fourth-order valence-corrected chi connectivity index (χ4v) is 4.81. The number of amides is 1. The van der Waals surface area contributed by atoms with Crippen molar-refractivity contribution >= 4 is 17.7 Å². The molecular weight excluding hydrogens is 406 g/mol. The van der Waals surface area contributed by atoms with Crippen molar-refractivity contribution in [2.24, 2.45) is 0 Å². The van der Waals surface area contributed by atoms with Crippen molar-refractivity contribution in [2.45, 2.75) is 64.2 Å². The molecular formula is C26H33NO3S. The fraction of sp³-hybridized carbons (Fsp3) is 0.423. The molecule has 0 bridgehead atoms. The summed E-state index contributed by atoms with van der Waals surface area (Å²) in [6.07, 6.45) is 0. The monoisotopic (exact) mass is 439 g/mol. The number of carbonyl (C=O) groups is 1. The van der Waals surface area contributed by atoms with E-state index in [0.29, 0.717) is 12.3 Å². The number of aromatic hydroxyl groups is 1. The Labute approximate surface area is 190 Å². The first kappa shape index (κ1) is 23.3. The lowest BCUT2D eigenvalue weighted by molar-refractivity contribution is -0.128. The minimum absolute atomic E-state index is 0.0243. The maximum Gasteiger partial charge on any atom is 0.245 e. The van der Waals surface area contributed by atoms with Crippen LogP contribution in [0.4, 0.5) is 0 Å². The van der Waals surface area contributed by atoms with Crippen molar-refractivity contribution in [3.8, 4) is 11.5 Å². The Hall–Kier alpha value is -2.40. The Bertz CT molecular complexity index is 962. The van der Waals surface area contributed by atoms with E-state index in [9.17, 15) is 9.90 Å². The van der Waals surface area contributed by atoms with Gasteiger partial charge in [-0.05, 0) is 57.3 Å². The van der Waals surface area contributed by atoms with Crippen LogP contribution in [0, 0.1) is 0 Å². The molecule has 166 valence electrons. The van der Waals surface area contributed by atoms with E-state index in [4.69, 9.17) is 4.74 Å². The average Bonchev–Trinajstić information content (AvgIpc) is 2.95. The molecule has 1 amide bonds. The van der Waals surface area contributed by atoms with E-state index < -0.39 is 0 Å². The number of nitrogens with zero attached hydrogens (tertiary/aromatic N) is 1. The summed E-state index contributed by atoms with van der Waals surface area (Å²) in [5.41, 5.74) is 3.18. The smallest absolute Gasteiger partial charge is 0.245 e. The molecule has 0 aromatic heterocycles. The molecule has 3 rings (SSSR count). The Morgan fingerprint density at radius 2 is 1.55 bits per heavy atom. The maximum absolute atomic E-state index is 13.4. The van der Waals surface area contributed by atoms with E-state index in [0.717, 1.165) is 33.0 Å². The molecule has 0 radical (unpaired) electrons. The number of carbonyl (C=O) groups excluding carboxylic acids is 1. The Balaban J connectivity index is 1.97. The zero-order valence-corrected chi connectivity index (χ0v) is 20.4. The van der Waals surface area contributed by atoms with Crippen molar-refractivity contribution in [1.82, 2.24) is 4.90 Å². The first-order valence-corrected chi connectivity index (χ1v) is 11.4. The predicted octanol–water partition coefficient (Wildman–Crippen LogP) is 6.28. The topological polar surface area (TPSA) is 49.8 Å². The van der Waals surface area contributed by atoms with Gasteiger partial charge >= 0.3 is 0 Å². The van der Waals surface area contributed by atoms with Crippen LogP contribution in [0.25, 0.3) is 0 Å². The van der Waals surface area contributed by atoms with Gasteiger partial charge in [-0.1, -0.05) is 72.0 Å². The largest absolute Gasteiger partial charge is 0.507 e. The lowest BCUT2D eigenvalue weighted by Gasteiger charge is -2.29. The summed E-state index contributed by atoms with van der Waals surface area (Å²) in [5.74, 6) is 1.14. The van der Waals surface area contributed by atoms with Crippen LogP contribution < -0.4 is 4.74 Å². The highest BCUT2D eigenvalue weighted by Crippen LogP contribution is 2.48. The van der Waals surface area contributed by atoms with Crippen molar-refractivity contribution in [2.75, 3.05) is 7.11 Å². The number of rotatable bonds is 4. The highest BCUT2D eigenvalue weighted by molar-refractivity contribution is 8.04. The molecule has 1 atom stereocenters. The van der Waals surface area contributed by atoms with Crippen LogP contribution in [-0.4, -0.2) is 23.0 Å². The number of ether oxygens (including phenoxy) is 1. The van der Waals surface area contributed by atoms with Gasteiger partial charge in [0.15, 0.2) is 0 Å². The van der Waals surface area contributed by atoms with Crippen LogP contribution in [0.3, 0.4) is 0 Å². The lowest BCUT2D eigenvalue weighted by Crippen LogP contribution is -2.25. The molecule has 4 nitrogen and oxygen atoms in total. The first-order chi connectivity index (χ1) is 14.3. The minimum Gasteiger partial charge on any atom is -0.507 e. The molecule has 1 heterocycles. The normalized spacial score (nSPS) is 17.4. The van der Waals surface area contributed by atoms with Crippen molar-refractivity contribution in [1.29, 1.82) is 0 Å². The molecule has 2 aromatic carbocycles. The van der Waals surface area contributed by atoms with Gasteiger partial charge in [-0.25, -0.2) is 0 Å². The highest BCUT2D eigenvalue weighted by atomic mass is 32.2. The quantitative estimate of drug-likeness (QED) is 0.609. The number of phenols is 1. The van der Waals surface area contributed by atoms with E-state index >= 15 is 0 Å². The van der Waals surface area contributed by atoms with Gasteiger partial charge < -0.3 is 14.7 Å². The van der Waals surface area contributed by atoms with Gasteiger partial charge in [-0.3, -0.25) is 4.79 Å². The molecule has 31 heavy (non-hydrogen) atoms. The standard InChI is InChI=1S/C26H33NO3S/c1-16-27(15-17-9-11-19(30-8)12-10-17)24(29)23(31-16)18-13-20(25(2,3)4)22(28)21(14-18)26(5,6)7/h9-14,23,28H,1,15H2,2-8H3. The summed E-state index contributed by atoms with van der Waals surface area (Å²) in [4.78, 5) is 15.2. The molecule has 1 unspecified atom stereocenters. The molecule has 0 spiro atoms. The van der Waals surface area contributed by atoms with Crippen molar-refractivity contribution in [3.05, 3.63) is 70.3 Å². The summed E-state index contributed by atoms with van der Waals surface area (Å²) in [6.45, 7) is 17.1. The summed E-state index contributed by atoms with van der Waals surface area (Å²) >= 11 is 1.48. The van der Waals surface area contributed by atoms with E-state index in [1.54, 1.807) is 12.0 Å². The van der Waals surface area contributed by atoms with Crippen LogP contribution in [0.1, 0.15) is 69.0 Å². The van der Waals surface area contributed by atoms with Crippen LogP contribution >= 0.6 is 11.8 Å². The van der Waals surface area contributed by atoms with Gasteiger partial charge in [0, 0.05) is 0 Å². The zero-order valence-electron chi connectivity index (χ0n) is 19.6. The van der Waals surface area contributed by atoms with Crippen LogP contribution in [0.5, 0.6) is 11.5 Å². The number of hydrogen-bond donors (Lipinski definition) is 1. The molecule has 1 fully saturated rings. The number of methoxy groups -OCH3 is 1. The molecule has 1 N–H and O–H groups in total. The third kappa shape index (κ3) is 4.77. The van der Waals surface area contributed by atoms with E-state index in [1.165, 1.54) is 11.8 Å². The third-order valence-electron chi connectivity index (χ3n) is 5.60. The second kappa shape index (κ2) is 8.27. The Morgan fingerprint density at radius 1 is 1.03 bits per heavy atom. The van der Waals surface area contributed by atoms with Gasteiger partial charge in [0.1, 0.15) is 16.7 Å². The van der Waals surface area contributed by atoms with E-state index in [-0.39, 0.29) is 22.0 Å². The van der Waals surface area contributed by atoms with Crippen molar-refractivity contribution in [3.63, 3.8) is 0 Å². The molecule has 1 aliphatic rings. The molecule has 2 aromatic rings. The predicted molar refractivity (Wildman–Crippen MR) is 129 cm³/mol. The lowest BCUT2D eigenvalue weighted by atomic mass is 9.78. The highest BCUT2D eigenvalue weighted by Gasteiger charge is 2.38. The van der Waals surface area contributed by atoms with Gasteiger partial charge in [0.2, 0.25) is 5.91 Å². The van der Waals surface area contributed by atoms with Gasteiger partial charge in [-0.2, -0.15) is 0 Å². The van der Waals surface area contributed by atoms with E-state index in [2.05, 4.69) is 48.1 Å². The maximum atomic E-state index is 13.4. The van der Waals surface area contributed by atoms with E-state index in [1.807, 2.05) is 36.4 Å². The third-order valence-corrected chi connectivity index (χ3v) is 6.80. The first-order valence-electron chi connectivity index (χ1n) is 10.5. The number of thioether (sulfide) groups is 1. The van der Waals surface area contributed by atoms with Crippen LogP contribution in [0.2, 0.25) is 0 Å². The number of phenolic OH excluding ortho intramolecular Hbond substituents is 1. The molecule has 0 aliphatic carbocycles. The molecule has 5 heteroatoms. The second-order valence-electron chi connectivity index (χ2n) is 10.1. The molecule has 1 saturated heterocycles. The number of hydrogen-bond acceptors (Lipinski definition) is 4. The Kier molecular flexibility index (Phi) is 6.21. The zero-order chi connectivity index (χ0) is 23.1. The van der Waals surface area contributed by atoms with Crippen LogP contribution in [-0.2, 0) is 22.2 Å². The SMILES string of the molecule is C=C1SC(c2cc(C(C)(C)C)c(O)c(C(C)(C)C)c2)C(=O)N1Cc1ccc(OC)cc1. The van der Waals surface area contributed by atoms with Gasteiger partial charge in [0.25, 0.3) is 0 Å². The summed E-state index contributed by atoms with van der Waals surface area (Å²) < 4.78 is 5.22. The van der Waals surface area contributed by atoms with Crippen molar-refractivity contribution < 1.29 is 14.6 Å². The van der Waals surface area contributed by atoms with Gasteiger partial charge in [0.05, 0.1) is 18.7 Å². The summed E-state index contributed by atoms with van der Waals surface area (Å²) in [6, 6.07) is 11.7. The van der Waals surface area contributed by atoms with Gasteiger partial charge in [-0.15, -0.1) is 0 Å². The summed E-state index contributed by atoms with van der Waals surface area (Å²) in [5, 5.41) is 11.4. The summed E-state index contributed by atoms with van der Waals surface area (Å²) in [7, 11) is 1.64. The molecule has 1 aliphatic heterocycles.